The van der Waals surface area contributed by atoms with Gasteiger partial charge in [-0.2, -0.15) is 5.26 Å². The van der Waals surface area contributed by atoms with Crippen molar-refractivity contribution in [3.8, 4) is 23.1 Å². The average molecular weight is 363 g/mol. The third kappa shape index (κ3) is 3.61. The fourth-order valence-electron chi connectivity index (χ4n) is 2.39. The van der Waals surface area contributed by atoms with E-state index in [0.29, 0.717) is 27.6 Å². The minimum absolute atomic E-state index is 0.00196. The van der Waals surface area contributed by atoms with Crippen molar-refractivity contribution in [2.24, 2.45) is 0 Å². The molecule has 6 nitrogen and oxygen atoms in total. The summed E-state index contributed by atoms with van der Waals surface area (Å²) in [4.78, 5) is 15.0. The maximum absolute atomic E-state index is 10.9. The van der Waals surface area contributed by atoms with Gasteiger partial charge < -0.3 is 4.74 Å². The number of methoxy groups -OCH3 is 1. The molecule has 3 aromatic rings. The van der Waals surface area contributed by atoms with E-state index in [1.54, 1.807) is 30.7 Å². The molecular weight excluding hydrogens is 350 g/mol. The fourth-order valence-corrected chi connectivity index (χ4v) is 3.19. The van der Waals surface area contributed by atoms with Crippen molar-refractivity contribution in [2.45, 2.75) is 0 Å². The number of allylic oxidation sites excluding steroid dienone is 1. The number of nitro benzene ring substituents is 1. The van der Waals surface area contributed by atoms with E-state index in [1.807, 2.05) is 24.3 Å². The van der Waals surface area contributed by atoms with Crippen molar-refractivity contribution in [1.82, 2.24) is 4.98 Å². The zero-order valence-corrected chi connectivity index (χ0v) is 14.6. The number of benzene rings is 2. The molecule has 1 aromatic heterocycles. The van der Waals surface area contributed by atoms with Gasteiger partial charge in [-0.25, -0.2) is 4.98 Å². The van der Waals surface area contributed by atoms with Crippen LogP contribution in [0.25, 0.3) is 22.9 Å². The molecule has 0 amide bonds. The molecule has 0 aliphatic rings. The summed E-state index contributed by atoms with van der Waals surface area (Å²) in [5, 5.41) is 22.8. The number of hydrogen-bond acceptors (Lipinski definition) is 6. The molecule has 0 aliphatic heterocycles. The summed E-state index contributed by atoms with van der Waals surface area (Å²) in [6, 6.07) is 15.8. The summed E-state index contributed by atoms with van der Waals surface area (Å²) in [7, 11) is 1.57. The number of thiazole rings is 1. The van der Waals surface area contributed by atoms with E-state index in [9.17, 15) is 15.4 Å². The Morgan fingerprint density at radius 1 is 1.31 bits per heavy atom. The molecule has 0 fully saturated rings. The lowest BCUT2D eigenvalue weighted by Gasteiger charge is -2.04. The lowest BCUT2D eigenvalue weighted by atomic mass is 10.1. The quantitative estimate of drug-likeness (QED) is 0.369. The Kier molecular flexibility index (Phi) is 5.06. The second-order valence-electron chi connectivity index (χ2n) is 5.26. The highest BCUT2D eigenvalue weighted by Gasteiger charge is 2.13. The van der Waals surface area contributed by atoms with Crippen LogP contribution in [0, 0.1) is 21.4 Å². The summed E-state index contributed by atoms with van der Waals surface area (Å²) < 4.78 is 5.30. The molecule has 1 heterocycles. The van der Waals surface area contributed by atoms with E-state index < -0.39 is 4.92 Å². The summed E-state index contributed by atoms with van der Waals surface area (Å²) >= 11 is 1.31. The van der Waals surface area contributed by atoms with Crippen molar-refractivity contribution >= 4 is 28.7 Å². The van der Waals surface area contributed by atoms with Crippen molar-refractivity contribution in [1.29, 1.82) is 5.26 Å². The lowest BCUT2D eigenvalue weighted by molar-refractivity contribution is -0.384. The third-order valence-corrected chi connectivity index (χ3v) is 4.52. The molecule has 0 radical (unpaired) electrons. The molecule has 128 valence electrons. The predicted octanol–water partition coefficient (Wildman–Crippen LogP) is 4.79. The molecule has 7 heteroatoms. The Balaban J connectivity index is 1.98. The van der Waals surface area contributed by atoms with E-state index in [-0.39, 0.29) is 5.69 Å². The van der Waals surface area contributed by atoms with Crippen LogP contribution in [0.3, 0.4) is 0 Å². The van der Waals surface area contributed by atoms with E-state index in [4.69, 9.17) is 4.74 Å². The first-order valence-corrected chi connectivity index (χ1v) is 8.46. The van der Waals surface area contributed by atoms with Gasteiger partial charge in [0.25, 0.3) is 5.69 Å². The molecular formula is C19H13N3O3S. The highest BCUT2D eigenvalue weighted by atomic mass is 32.1. The van der Waals surface area contributed by atoms with Crippen molar-refractivity contribution in [3.63, 3.8) is 0 Å². The Hall–Kier alpha value is -3.50. The zero-order chi connectivity index (χ0) is 18.5. The van der Waals surface area contributed by atoms with Crippen LogP contribution in [0.4, 0.5) is 5.69 Å². The lowest BCUT2D eigenvalue weighted by Crippen LogP contribution is -1.89. The van der Waals surface area contributed by atoms with Gasteiger partial charge >= 0.3 is 0 Å². The maximum Gasteiger partial charge on any atom is 0.270 e. The summed E-state index contributed by atoms with van der Waals surface area (Å²) in [5.41, 5.74) is 2.41. The van der Waals surface area contributed by atoms with E-state index in [2.05, 4.69) is 11.1 Å². The van der Waals surface area contributed by atoms with Gasteiger partial charge in [-0.1, -0.05) is 30.3 Å². The number of non-ortho nitro benzene ring substituents is 1. The zero-order valence-electron chi connectivity index (χ0n) is 13.7. The summed E-state index contributed by atoms with van der Waals surface area (Å²) in [6.07, 6.45) is 1.72. The molecule has 0 saturated heterocycles. The Labute approximate surface area is 153 Å². The number of nitro groups is 1. The van der Waals surface area contributed by atoms with E-state index in [1.165, 1.54) is 23.5 Å². The number of nitriles is 1. The van der Waals surface area contributed by atoms with Crippen LogP contribution in [0.2, 0.25) is 0 Å². The molecule has 0 unspecified atom stereocenters. The molecule has 0 bridgehead atoms. The second kappa shape index (κ2) is 7.59. The van der Waals surface area contributed by atoms with E-state index >= 15 is 0 Å². The molecule has 0 aliphatic carbocycles. The van der Waals surface area contributed by atoms with Gasteiger partial charge in [-0.15, -0.1) is 11.3 Å². The normalized spacial score (nSPS) is 11.0. The van der Waals surface area contributed by atoms with Gasteiger partial charge in [0.05, 0.1) is 23.3 Å². The van der Waals surface area contributed by atoms with Gasteiger partial charge in [-0.05, 0) is 12.1 Å². The predicted molar refractivity (Wildman–Crippen MR) is 101 cm³/mol. The standard InChI is InChI=1S/C19H13N3O3S/c1-25-18-8-3-2-5-14(18)9-15(11-20)19-21-17(12-26-19)13-6-4-7-16(10-13)22(23)24/h2-10,12H,1H3. The Bertz CT molecular complexity index is 1030. The number of nitrogens with zero attached hydrogens (tertiary/aromatic N) is 3. The van der Waals surface area contributed by atoms with Gasteiger partial charge in [0, 0.05) is 28.6 Å². The van der Waals surface area contributed by atoms with Crippen LogP contribution >= 0.6 is 11.3 Å². The van der Waals surface area contributed by atoms with Crippen LogP contribution < -0.4 is 4.74 Å². The van der Waals surface area contributed by atoms with Crippen molar-refractivity contribution in [3.05, 3.63) is 74.6 Å². The largest absolute Gasteiger partial charge is 0.496 e. The molecule has 26 heavy (non-hydrogen) atoms. The Morgan fingerprint density at radius 2 is 2.12 bits per heavy atom. The summed E-state index contributed by atoms with van der Waals surface area (Å²) in [5.74, 6) is 0.663. The monoisotopic (exact) mass is 363 g/mol. The second-order valence-corrected chi connectivity index (χ2v) is 6.12. The molecule has 2 aromatic carbocycles. The molecule has 0 atom stereocenters. The fraction of sp³-hybridized carbons (Fsp3) is 0.0526. The number of hydrogen-bond donors (Lipinski definition) is 0. The summed E-state index contributed by atoms with van der Waals surface area (Å²) in [6.45, 7) is 0. The smallest absolute Gasteiger partial charge is 0.270 e. The average Bonchev–Trinajstić information content (AvgIpc) is 3.16. The highest BCUT2D eigenvalue weighted by Crippen LogP contribution is 2.30. The van der Waals surface area contributed by atoms with Crippen LogP contribution in [0.5, 0.6) is 5.75 Å². The number of ether oxygens (including phenoxy) is 1. The van der Waals surface area contributed by atoms with Gasteiger partial charge in [-0.3, -0.25) is 10.1 Å². The van der Waals surface area contributed by atoms with Crippen LogP contribution in [-0.2, 0) is 0 Å². The third-order valence-electron chi connectivity index (χ3n) is 3.65. The maximum atomic E-state index is 10.9. The van der Waals surface area contributed by atoms with Crippen molar-refractivity contribution < 1.29 is 9.66 Å². The molecule has 0 saturated carbocycles. The first-order valence-electron chi connectivity index (χ1n) is 7.58. The van der Waals surface area contributed by atoms with Crippen LogP contribution in [-0.4, -0.2) is 17.0 Å². The van der Waals surface area contributed by atoms with Gasteiger partial charge in [0.15, 0.2) is 0 Å². The van der Waals surface area contributed by atoms with Crippen LogP contribution in [0.1, 0.15) is 10.6 Å². The number of rotatable bonds is 5. The van der Waals surface area contributed by atoms with Crippen molar-refractivity contribution in [2.75, 3.05) is 7.11 Å². The minimum Gasteiger partial charge on any atom is -0.496 e. The van der Waals surface area contributed by atoms with Crippen LogP contribution in [0.15, 0.2) is 53.9 Å². The topological polar surface area (TPSA) is 89.0 Å². The van der Waals surface area contributed by atoms with E-state index in [0.717, 1.165) is 5.56 Å². The first-order chi connectivity index (χ1) is 12.6. The SMILES string of the molecule is COc1ccccc1C=C(C#N)c1nc(-c2cccc([N+](=O)[O-])c2)cs1. The van der Waals surface area contributed by atoms with Gasteiger partial charge in [0.1, 0.15) is 16.8 Å². The van der Waals surface area contributed by atoms with Gasteiger partial charge in [0.2, 0.25) is 0 Å². The molecule has 0 spiro atoms. The highest BCUT2D eigenvalue weighted by molar-refractivity contribution is 7.11. The Morgan fingerprint density at radius 3 is 2.85 bits per heavy atom. The minimum atomic E-state index is -0.445. The molecule has 0 N–H and O–H groups in total. The number of para-hydroxylation sites is 1. The molecule has 3 rings (SSSR count). The number of aromatic nitrogens is 1. The first kappa shape index (κ1) is 17.3.